The zero-order valence-electron chi connectivity index (χ0n) is 21.8. The first-order valence-corrected chi connectivity index (χ1v) is 14.7. The maximum absolute atomic E-state index is 14.7. The second-order valence-electron chi connectivity index (χ2n) is 10.0. The van der Waals surface area contributed by atoms with Crippen molar-refractivity contribution >= 4 is 45.8 Å². The predicted octanol–water partition coefficient (Wildman–Crippen LogP) is 8.21. The average Bonchev–Trinajstić information content (AvgIpc) is 3.56. The highest BCUT2D eigenvalue weighted by atomic mass is 32.2. The Morgan fingerprint density at radius 3 is 2.58 bits per heavy atom. The summed E-state index contributed by atoms with van der Waals surface area (Å²) in [4.78, 5) is 15.3. The highest BCUT2D eigenvalue weighted by Gasteiger charge is 2.27. The molecular formula is C32H26FN3O2S2. The van der Waals surface area contributed by atoms with Crippen molar-refractivity contribution in [1.29, 1.82) is 5.26 Å². The number of halogens is 1. The molecule has 3 heterocycles. The molecule has 200 valence electrons. The van der Waals surface area contributed by atoms with Gasteiger partial charge in [-0.15, -0.1) is 11.3 Å². The van der Waals surface area contributed by atoms with Crippen LogP contribution in [0.25, 0.3) is 33.3 Å². The van der Waals surface area contributed by atoms with Gasteiger partial charge in [0, 0.05) is 45.7 Å². The Hall–Kier alpha value is -4.06. The standard InChI is InChI=1S/C32H26FN3O2S2/c1-20-5-8-25(9-6-20)40-36-28-10-7-23(33)18-27(28)30(26-13-16-39-29(26)19-34)31(36)22-3-2-4-24(17-22)35-14-11-21(12-15-35)32(37)38/h2-10,13,16-18,21H,11-12,14-15H2,1H3,(H,37,38). The van der Waals surface area contributed by atoms with Crippen LogP contribution >= 0.6 is 23.3 Å². The van der Waals surface area contributed by atoms with Crippen LogP contribution < -0.4 is 4.90 Å². The van der Waals surface area contributed by atoms with Gasteiger partial charge in [-0.3, -0.25) is 8.77 Å². The molecule has 1 aliphatic heterocycles. The Morgan fingerprint density at radius 1 is 1.07 bits per heavy atom. The minimum absolute atomic E-state index is 0.308. The van der Waals surface area contributed by atoms with Gasteiger partial charge < -0.3 is 10.0 Å². The van der Waals surface area contributed by atoms with E-state index < -0.39 is 5.97 Å². The van der Waals surface area contributed by atoms with Gasteiger partial charge in [0.25, 0.3) is 0 Å². The van der Waals surface area contributed by atoms with E-state index in [0.717, 1.165) is 43.9 Å². The van der Waals surface area contributed by atoms with E-state index in [0.29, 0.717) is 30.8 Å². The lowest BCUT2D eigenvalue weighted by Gasteiger charge is -2.32. The summed E-state index contributed by atoms with van der Waals surface area (Å²) in [5, 5.41) is 22.0. The number of aryl methyl sites for hydroxylation is 1. The summed E-state index contributed by atoms with van der Waals surface area (Å²) in [7, 11) is 0. The maximum Gasteiger partial charge on any atom is 0.306 e. The third-order valence-electron chi connectivity index (χ3n) is 7.47. The fraction of sp³-hybridized carbons (Fsp3) is 0.188. The van der Waals surface area contributed by atoms with Crippen molar-refractivity contribution in [3.8, 4) is 28.5 Å². The van der Waals surface area contributed by atoms with Crippen LogP contribution in [0.3, 0.4) is 0 Å². The van der Waals surface area contributed by atoms with Crippen LogP contribution in [0.5, 0.6) is 0 Å². The lowest BCUT2D eigenvalue weighted by atomic mass is 9.96. The first-order chi connectivity index (χ1) is 19.4. The number of aliphatic carboxylic acids is 1. The first-order valence-electron chi connectivity index (χ1n) is 13.1. The van der Waals surface area contributed by atoms with Crippen molar-refractivity contribution < 1.29 is 14.3 Å². The number of carbonyl (C=O) groups is 1. The number of aromatic nitrogens is 1. The third kappa shape index (κ3) is 4.87. The molecule has 0 bridgehead atoms. The number of benzene rings is 3. The van der Waals surface area contributed by atoms with Crippen molar-refractivity contribution in [3.63, 3.8) is 0 Å². The van der Waals surface area contributed by atoms with Gasteiger partial charge >= 0.3 is 5.97 Å². The van der Waals surface area contributed by atoms with E-state index >= 15 is 0 Å². The predicted molar refractivity (Wildman–Crippen MR) is 160 cm³/mol. The molecule has 8 heteroatoms. The average molecular weight is 568 g/mol. The van der Waals surface area contributed by atoms with Crippen LogP contribution in [-0.2, 0) is 4.79 Å². The Morgan fingerprint density at radius 2 is 1.85 bits per heavy atom. The van der Waals surface area contributed by atoms with Crippen LogP contribution in [0.2, 0.25) is 0 Å². The molecule has 0 radical (unpaired) electrons. The van der Waals surface area contributed by atoms with E-state index in [1.807, 2.05) is 23.6 Å². The fourth-order valence-electron chi connectivity index (χ4n) is 5.40. The van der Waals surface area contributed by atoms with Crippen LogP contribution in [-0.4, -0.2) is 28.1 Å². The molecule has 2 aromatic heterocycles. The minimum atomic E-state index is -0.730. The molecule has 6 rings (SSSR count). The molecule has 3 aromatic carbocycles. The number of thiophene rings is 1. The largest absolute Gasteiger partial charge is 0.481 e. The number of carboxylic acids is 1. The normalized spacial score (nSPS) is 14.0. The summed E-state index contributed by atoms with van der Waals surface area (Å²) < 4.78 is 16.9. The number of hydrogen-bond acceptors (Lipinski definition) is 5. The lowest BCUT2D eigenvalue weighted by molar-refractivity contribution is -0.142. The Balaban J connectivity index is 1.55. The zero-order chi connectivity index (χ0) is 27.8. The SMILES string of the molecule is Cc1ccc(Sn2c(-c3cccc(N4CCC(C(=O)O)CC4)c3)c(-c3ccsc3C#N)c3cc(F)ccc32)cc1. The molecule has 0 amide bonds. The number of carboxylic acid groups (broad SMARTS) is 1. The summed E-state index contributed by atoms with van der Waals surface area (Å²) in [6, 6.07) is 25.6. The summed E-state index contributed by atoms with van der Waals surface area (Å²) >= 11 is 2.94. The highest BCUT2D eigenvalue weighted by molar-refractivity contribution is 7.98. The molecule has 0 spiro atoms. The Kier molecular flexibility index (Phi) is 7.09. The molecule has 0 unspecified atom stereocenters. The van der Waals surface area contributed by atoms with Crippen LogP contribution in [0.15, 0.2) is 83.1 Å². The Bertz CT molecular complexity index is 1760. The molecule has 1 fully saturated rings. The number of piperidine rings is 1. The number of anilines is 1. The van der Waals surface area contributed by atoms with Gasteiger partial charge in [0.05, 0.1) is 17.1 Å². The molecule has 1 N–H and O–H groups in total. The number of nitriles is 1. The Labute approximate surface area is 240 Å². The topological polar surface area (TPSA) is 69.3 Å². The van der Waals surface area contributed by atoms with Crippen LogP contribution in [0.4, 0.5) is 10.1 Å². The zero-order valence-corrected chi connectivity index (χ0v) is 23.4. The van der Waals surface area contributed by atoms with Gasteiger partial charge in [0.1, 0.15) is 16.8 Å². The highest BCUT2D eigenvalue weighted by Crippen LogP contribution is 2.47. The smallest absolute Gasteiger partial charge is 0.306 e. The van der Waals surface area contributed by atoms with Crippen molar-refractivity contribution in [2.45, 2.75) is 24.7 Å². The lowest BCUT2D eigenvalue weighted by Crippen LogP contribution is -2.36. The van der Waals surface area contributed by atoms with Gasteiger partial charge in [0.15, 0.2) is 0 Å². The van der Waals surface area contributed by atoms with Crippen molar-refractivity contribution in [1.82, 2.24) is 3.97 Å². The van der Waals surface area contributed by atoms with E-state index in [9.17, 15) is 19.6 Å². The number of fused-ring (bicyclic) bond motifs is 1. The molecule has 0 atom stereocenters. The quantitative estimate of drug-likeness (QED) is 0.224. The van der Waals surface area contributed by atoms with Gasteiger partial charge in [0.2, 0.25) is 0 Å². The van der Waals surface area contributed by atoms with E-state index in [1.54, 1.807) is 24.1 Å². The van der Waals surface area contributed by atoms with Crippen molar-refractivity contribution in [2.24, 2.45) is 5.92 Å². The van der Waals surface area contributed by atoms with Gasteiger partial charge in [-0.25, -0.2) is 4.39 Å². The molecule has 0 aliphatic carbocycles. The first kappa shape index (κ1) is 26.2. The second-order valence-corrected chi connectivity index (χ2v) is 11.9. The van der Waals surface area contributed by atoms with Crippen molar-refractivity contribution in [3.05, 3.63) is 94.4 Å². The second kappa shape index (κ2) is 10.8. The molecule has 40 heavy (non-hydrogen) atoms. The monoisotopic (exact) mass is 567 g/mol. The summed E-state index contributed by atoms with van der Waals surface area (Å²) in [6.45, 7) is 3.39. The molecule has 5 aromatic rings. The molecule has 1 aliphatic rings. The van der Waals surface area contributed by atoms with Gasteiger partial charge in [-0.1, -0.05) is 29.8 Å². The number of rotatable bonds is 6. The van der Waals surface area contributed by atoms with Crippen molar-refractivity contribution in [2.75, 3.05) is 18.0 Å². The summed E-state index contributed by atoms with van der Waals surface area (Å²) in [5.41, 5.74) is 6.49. The summed E-state index contributed by atoms with van der Waals surface area (Å²) in [6.07, 6.45) is 1.21. The van der Waals surface area contributed by atoms with Crippen LogP contribution in [0.1, 0.15) is 23.3 Å². The maximum atomic E-state index is 14.7. The van der Waals surface area contributed by atoms with Gasteiger partial charge in [-0.05, 0) is 85.6 Å². The minimum Gasteiger partial charge on any atom is -0.481 e. The number of hydrogen-bond donors (Lipinski definition) is 1. The van der Waals surface area contributed by atoms with E-state index in [-0.39, 0.29) is 11.7 Å². The molecule has 1 saturated heterocycles. The molecule has 0 saturated carbocycles. The van der Waals surface area contributed by atoms with Gasteiger partial charge in [-0.2, -0.15) is 5.26 Å². The third-order valence-corrected chi connectivity index (χ3v) is 9.33. The fourth-order valence-corrected chi connectivity index (χ4v) is 7.10. The molecule has 5 nitrogen and oxygen atoms in total. The van der Waals surface area contributed by atoms with E-state index in [2.05, 4.69) is 58.3 Å². The summed E-state index contributed by atoms with van der Waals surface area (Å²) in [5.74, 6) is -1.37. The molecular weight excluding hydrogens is 542 g/mol. The number of nitrogens with zero attached hydrogens (tertiary/aromatic N) is 3. The van der Waals surface area contributed by atoms with Crippen LogP contribution in [0, 0.1) is 30.0 Å². The van der Waals surface area contributed by atoms with E-state index in [1.165, 1.54) is 23.0 Å². The van der Waals surface area contributed by atoms with E-state index in [4.69, 9.17) is 0 Å².